The van der Waals surface area contributed by atoms with E-state index in [1.54, 1.807) is 0 Å². The normalized spacial score (nSPS) is 16.6. The lowest BCUT2D eigenvalue weighted by Crippen LogP contribution is -3.13. The highest BCUT2D eigenvalue weighted by Crippen LogP contribution is 2.22. The van der Waals surface area contributed by atoms with Crippen LogP contribution in [0.1, 0.15) is 24.8 Å². The fourth-order valence-corrected chi connectivity index (χ4v) is 2.57. The Morgan fingerprint density at radius 1 is 1.33 bits per heavy atom. The number of benzene rings is 1. The van der Waals surface area contributed by atoms with Crippen molar-refractivity contribution in [2.75, 3.05) is 25.0 Å². The molecule has 1 aromatic rings. The van der Waals surface area contributed by atoms with Crippen molar-refractivity contribution >= 4 is 23.2 Å². The highest BCUT2D eigenvalue weighted by atomic mass is 35.5. The Bertz CT molecular complexity index is 428. The molecular formula is C14H20ClN2O+. The van der Waals surface area contributed by atoms with Crippen molar-refractivity contribution in [2.24, 2.45) is 0 Å². The number of carbonyl (C=O) groups is 1. The Hall–Kier alpha value is -1.06. The quantitative estimate of drug-likeness (QED) is 0.858. The van der Waals surface area contributed by atoms with Gasteiger partial charge in [0.25, 0.3) is 5.91 Å². The number of halogens is 1. The van der Waals surface area contributed by atoms with Crippen molar-refractivity contribution in [2.45, 2.75) is 26.2 Å². The van der Waals surface area contributed by atoms with Crippen LogP contribution in [0.4, 0.5) is 5.69 Å². The second-order valence-corrected chi connectivity index (χ2v) is 5.36. The molecule has 1 saturated heterocycles. The van der Waals surface area contributed by atoms with E-state index in [-0.39, 0.29) is 5.91 Å². The van der Waals surface area contributed by atoms with Gasteiger partial charge in [-0.05, 0) is 43.9 Å². The van der Waals surface area contributed by atoms with Gasteiger partial charge in [-0.15, -0.1) is 0 Å². The molecule has 0 unspecified atom stereocenters. The summed E-state index contributed by atoms with van der Waals surface area (Å²) in [4.78, 5) is 13.4. The van der Waals surface area contributed by atoms with E-state index >= 15 is 0 Å². The average Bonchev–Trinajstić information content (AvgIpc) is 2.36. The van der Waals surface area contributed by atoms with E-state index in [4.69, 9.17) is 11.6 Å². The van der Waals surface area contributed by atoms with E-state index in [2.05, 4.69) is 5.32 Å². The van der Waals surface area contributed by atoms with Crippen molar-refractivity contribution in [3.05, 3.63) is 28.8 Å². The zero-order valence-electron chi connectivity index (χ0n) is 10.8. The van der Waals surface area contributed by atoms with Crippen molar-refractivity contribution in [1.29, 1.82) is 0 Å². The van der Waals surface area contributed by atoms with Gasteiger partial charge in [0, 0.05) is 10.7 Å². The number of carbonyl (C=O) groups excluding carboxylic acids is 1. The predicted molar refractivity (Wildman–Crippen MR) is 74.2 cm³/mol. The minimum Gasteiger partial charge on any atom is -0.327 e. The largest absolute Gasteiger partial charge is 0.327 e. The van der Waals surface area contributed by atoms with Gasteiger partial charge in [-0.3, -0.25) is 4.79 Å². The number of quaternary nitrogens is 1. The molecule has 98 valence electrons. The van der Waals surface area contributed by atoms with Gasteiger partial charge in [-0.25, -0.2) is 0 Å². The molecule has 0 radical (unpaired) electrons. The maximum atomic E-state index is 12.0. The van der Waals surface area contributed by atoms with Crippen LogP contribution in [0.25, 0.3) is 0 Å². The van der Waals surface area contributed by atoms with Gasteiger partial charge in [-0.1, -0.05) is 17.7 Å². The van der Waals surface area contributed by atoms with Crippen LogP contribution in [0.2, 0.25) is 5.02 Å². The van der Waals surface area contributed by atoms with Gasteiger partial charge < -0.3 is 10.2 Å². The standard InChI is InChI=1S/C14H19ClN2O/c1-11-12(15)6-5-7-13(11)16-14(18)10-17-8-3-2-4-9-17/h5-7H,2-4,8-10H2,1H3,(H,16,18)/p+1. The SMILES string of the molecule is Cc1c(Cl)cccc1NC(=O)C[NH+]1CCCCC1. The molecule has 0 aliphatic carbocycles. The highest BCUT2D eigenvalue weighted by Gasteiger charge is 2.17. The van der Waals surface area contributed by atoms with Crippen LogP contribution in [0.15, 0.2) is 18.2 Å². The van der Waals surface area contributed by atoms with Crippen LogP contribution in [0, 0.1) is 6.92 Å². The van der Waals surface area contributed by atoms with Crippen LogP contribution < -0.4 is 10.2 Å². The maximum absolute atomic E-state index is 12.0. The first-order valence-corrected chi connectivity index (χ1v) is 6.93. The van der Waals surface area contributed by atoms with Gasteiger partial charge >= 0.3 is 0 Å². The average molecular weight is 268 g/mol. The van der Waals surface area contributed by atoms with Crippen molar-refractivity contribution < 1.29 is 9.69 Å². The molecule has 18 heavy (non-hydrogen) atoms. The van der Waals surface area contributed by atoms with E-state index in [0.29, 0.717) is 11.6 Å². The molecule has 2 rings (SSSR count). The van der Waals surface area contributed by atoms with Crippen LogP contribution in [0.3, 0.4) is 0 Å². The molecule has 3 nitrogen and oxygen atoms in total. The van der Waals surface area contributed by atoms with Crippen LogP contribution >= 0.6 is 11.6 Å². The van der Waals surface area contributed by atoms with E-state index in [1.807, 2.05) is 25.1 Å². The molecule has 2 N–H and O–H groups in total. The summed E-state index contributed by atoms with van der Waals surface area (Å²) in [5.41, 5.74) is 1.75. The molecule has 1 aliphatic heterocycles. The van der Waals surface area contributed by atoms with Gasteiger partial charge in [0.2, 0.25) is 0 Å². The number of hydrogen-bond acceptors (Lipinski definition) is 1. The first kappa shape index (κ1) is 13.4. The molecular weight excluding hydrogens is 248 g/mol. The van der Waals surface area contributed by atoms with Crippen molar-refractivity contribution in [3.63, 3.8) is 0 Å². The van der Waals surface area contributed by atoms with Gasteiger partial charge in [0.05, 0.1) is 13.1 Å². The third-order valence-electron chi connectivity index (χ3n) is 3.51. The summed E-state index contributed by atoms with van der Waals surface area (Å²) < 4.78 is 0. The Morgan fingerprint density at radius 2 is 2.06 bits per heavy atom. The zero-order valence-corrected chi connectivity index (χ0v) is 11.5. The maximum Gasteiger partial charge on any atom is 0.279 e. The fraction of sp³-hybridized carbons (Fsp3) is 0.500. The summed E-state index contributed by atoms with van der Waals surface area (Å²) in [6.07, 6.45) is 3.77. The van der Waals surface area contributed by atoms with Crippen LogP contribution in [-0.2, 0) is 4.79 Å². The zero-order chi connectivity index (χ0) is 13.0. The van der Waals surface area contributed by atoms with E-state index in [1.165, 1.54) is 24.2 Å². The number of likely N-dealkylation sites (tertiary alicyclic amines) is 1. The van der Waals surface area contributed by atoms with E-state index in [9.17, 15) is 4.79 Å². The summed E-state index contributed by atoms with van der Waals surface area (Å²) >= 11 is 6.03. The lowest BCUT2D eigenvalue weighted by Gasteiger charge is -2.23. The van der Waals surface area contributed by atoms with Crippen LogP contribution in [-0.4, -0.2) is 25.5 Å². The molecule has 4 heteroatoms. The molecule has 0 saturated carbocycles. The topological polar surface area (TPSA) is 33.5 Å². The second-order valence-electron chi connectivity index (χ2n) is 4.95. The third kappa shape index (κ3) is 3.47. The minimum atomic E-state index is 0.0808. The Labute approximate surface area is 113 Å². The Kier molecular flexibility index (Phi) is 4.61. The Balaban J connectivity index is 1.92. The summed E-state index contributed by atoms with van der Waals surface area (Å²) in [7, 11) is 0. The van der Waals surface area contributed by atoms with Gasteiger partial charge in [0.1, 0.15) is 0 Å². The number of rotatable bonds is 3. The fourth-order valence-electron chi connectivity index (χ4n) is 2.39. The van der Waals surface area contributed by atoms with E-state index in [0.717, 1.165) is 24.3 Å². The van der Waals surface area contributed by atoms with Crippen molar-refractivity contribution in [1.82, 2.24) is 0 Å². The minimum absolute atomic E-state index is 0.0808. The molecule has 0 atom stereocenters. The van der Waals surface area contributed by atoms with Gasteiger partial charge in [0.15, 0.2) is 6.54 Å². The second kappa shape index (κ2) is 6.21. The number of piperidine rings is 1. The van der Waals surface area contributed by atoms with Crippen LogP contribution in [0.5, 0.6) is 0 Å². The summed E-state index contributed by atoms with van der Waals surface area (Å²) in [5.74, 6) is 0.0808. The Morgan fingerprint density at radius 3 is 2.78 bits per heavy atom. The van der Waals surface area contributed by atoms with E-state index < -0.39 is 0 Å². The lowest BCUT2D eigenvalue weighted by molar-refractivity contribution is -0.896. The first-order valence-electron chi connectivity index (χ1n) is 6.55. The lowest BCUT2D eigenvalue weighted by atomic mass is 10.1. The predicted octanol–water partition coefficient (Wildman–Crippen LogP) is 1.66. The highest BCUT2D eigenvalue weighted by molar-refractivity contribution is 6.31. The molecule has 1 heterocycles. The number of nitrogens with one attached hydrogen (secondary N) is 2. The molecule has 1 aliphatic rings. The third-order valence-corrected chi connectivity index (χ3v) is 3.92. The molecule has 0 spiro atoms. The molecule has 0 bridgehead atoms. The first-order chi connectivity index (χ1) is 8.66. The summed E-state index contributed by atoms with van der Waals surface area (Å²) in [6.45, 7) is 4.71. The van der Waals surface area contributed by atoms with Gasteiger partial charge in [-0.2, -0.15) is 0 Å². The number of anilines is 1. The summed E-state index contributed by atoms with van der Waals surface area (Å²) in [5, 5.41) is 3.65. The molecule has 1 amide bonds. The summed E-state index contributed by atoms with van der Waals surface area (Å²) in [6, 6.07) is 5.59. The molecule has 0 aromatic heterocycles. The smallest absolute Gasteiger partial charge is 0.279 e. The number of hydrogen-bond donors (Lipinski definition) is 2. The molecule has 1 fully saturated rings. The molecule has 1 aromatic carbocycles. The van der Waals surface area contributed by atoms with Crippen molar-refractivity contribution in [3.8, 4) is 0 Å². The monoisotopic (exact) mass is 267 g/mol. The number of amides is 1.